The molecule has 0 radical (unpaired) electrons. The lowest BCUT2D eigenvalue weighted by molar-refractivity contribution is 0.306. The molecular weight excluding hydrogens is 315 g/mol. The van der Waals surface area contributed by atoms with Gasteiger partial charge in [-0.25, -0.2) is 4.39 Å². The van der Waals surface area contributed by atoms with Gasteiger partial charge in [0.15, 0.2) is 0 Å². The number of rotatable bonds is 6. The van der Waals surface area contributed by atoms with Gasteiger partial charge in [-0.1, -0.05) is 29.8 Å². The Hall–Kier alpha value is -3.14. The summed E-state index contributed by atoms with van der Waals surface area (Å²) >= 11 is 0. The van der Waals surface area contributed by atoms with Gasteiger partial charge in [0.1, 0.15) is 18.2 Å². The molecule has 1 N–H and O–H groups in total. The van der Waals surface area contributed by atoms with Crippen LogP contribution in [0.3, 0.4) is 0 Å². The van der Waals surface area contributed by atoms with E-state index in [2.05, 4.69) is 10.5 Å². The van der Waals surface area contributed by atoms with E-state index < -0.39 is 0 Å². The van der Waals surface area contributed by atoms with E-state index in [4.69, 9.17) is 4.74 Å². The molecule has 0 spiro atoms. The van der Waals surface area contributed by atoms with E-state index in [0.717, 1.165) is 22.6 Å². The minimum atomic E-state index is -0.244. The van der Waals surface area contributed by atoms with Gasteiger partial charge in [-0.15, -0.1) is 0 Å². The summed E-state index contributed by atoms with van der Waals surface area (Å²) in [6.07, 6.45) is 1.75. The van der Waals surface area contributed by atoms with Crippen LogP contribution in [0.4, 0.5) is 10.1 Å². The molecule has 3 nitrogen and oxygen atoms in total. The predicted molar refractivity (Wildman–Crippen MR) is 99.6 cm³/mol. The first-order valence-corrected chi connectivity index (χ1v) is 8.02. The van der Waals surface area contributed by atoms with Crippen LogP contribution in [-0.4, -0.2) is 6.21 Å². The lowest BCUT2D eigenvalue weighted by Gasteiger charge is -2.06. The fraction of sp³-hybridized carbons (Fsp3) is 0.0952. The number of ether oxygens (including phenoxy) is 1. The fourth-order valence-electron chi connectivity index (χ4n) is 2.21. The molecule has 0 saturated carbocycles. The predicted octanol–water partition coefficient (Wildman–Crippen LogP) is 5.16. The summed E-state index contributed by atoms with van der Waals surface area (Å²) in [6.45, 7) is 2.45. The van der Waals surface area contributed by atoms with Gasteiger partial charge in [0, 0.05) is 0 Å². The summed E-state index contributed by atoms with van der Waals surface area (Å²) in [5.74, 6) is 0.514. The van der Waals surface area contributed by atoms with E-state index in [1.54, 1.807) is 18.3 Å². The molecule has 0 bridgehead atoms. The third-order valence-corrected chi connectivity index (χ3v) is 3.66. The van der Waals surface area contributed by atoms with Crippen molar-refractivity contribution >= 4 is 11.9 Å². The van der Waals surface area contributed by atoms with Gasteiger partial charge in [0.25, 0.3) is 0 Å². The Morgan fingerprint density at radius 3 is 2.28 bits per heavy atom. The van der Waals surface area contributed by atoms with Crippen LogP contribution in [0.2, 0.25) is 0 Å². The molecule has 0 unspecified atom stereocenters. The zero-order valence-corrected chi connectivity index (χ0v) is 13.9. The van der Waals surface area contributed by atoms with Crippen LogP contribution in [0.5, 0.6) is 5.75 Å². The van der Waals surface area contributed by atoms with Crippen molar-refractivity contribution in [3.8, 4) is 5.75 Å². The van der Waals surface area contributed by atoms with Crippen molar-refractivity contribution in [3.63, 3.8) is 0 Å². The van der Waals surface area contributed by atoms with Crippen molar-refractivity contribution < 1.29 is 9.13 Å². The summed E-state index contributed by atoms with van der Waals surface area (Å²) in [6, 6.07) is 22.0. The van der Waals surface area contributed by atoms with Crippen LogP contribution in [0.1, 0.15) is 16.7 Å². The molecule has 3 aromatic carbocycles. The normalized spacial score (nSPS) is 10.8. The zero-order valence-electron chi connectivity index (χ0n) is 13.9. The average molecular weight is 334 g/mol. The van der Waals surface area contributed by atoms with Crippen molar-refractivity contribution in [1.29, 1.82) is 0 Å². The Labute approximate surface area is 146 Å². The molecule has 3 aromatic rings. The Morgan fingerprint density at radius 1 is 0.920 bits per heavy atom. The highest BCUT2D eigenvalue weighted by molar-refractivity contribution is 5.80. The summed E-state index contributed by atoms with van der Waals surface area (Å²) in [5.41, 5.74) is 7.04. The van der Waals surface area contributed by atoms with E-state index >= 15 is 0 Å². The maximum atomic E-state index is 12.9. The monoisotopic (exact) mass is 334 g/mol. The Balaban J connectivity index is 1.52. The van der Waals surface area contributed by atoms with Crippen molar-refractivity contribution in [3.05, 3.63) is 95.3 Å². The van der Waals surface area contributed by atoms with Gasteiger partial charge >= 0.3 is 0 Å². The molecule has 0 aliphatic rings. The molecule has 0 aliphatic carbocycles. The molecule has 0 amide bonds. The third kappa shape index (κ3) is 5.18. The van der Waals surface area contributed by atoms with Gasteiger partial charge in [-0.3, -0.25) is 5.43 Å². The van der Waals surface area contributed by atoms with E-state index in [0.29, 0.717) is 6.61 Å². The molecule has 0 aromatic heterocycles. The highest BCUT2D eigenvalue weighted by atomic mass is 19.1. The summed E-state index contributed by atoms with van der Waals surface area (Å²) in [4.78, 5) is 0. The summed E-state index contributed by atoms with van der Waals surface area (Å²) < 4.78 is 18.6. The minimum Gasteiger partial charge on any atom is -0.489 e. The van der Waals surface area contributed by atoms with E-state index in [1.807, 2.05) is 55.5 Å². The molecular formula is C21H19FN2O. The summed E-state index contributed by atoms with van der Waals surface area (Å²) in [5, 5.41) is 4.22. The zero-order chi connectivity index (χ0) is 17.5. The van der Waals surface area contributed by atoms with Crippen molar-refractivity contribution in [2.24, 2.45) is 5.10 Å². The first kappa shape index (κ1) is 16.7. The lowest BCUT2D eigenvalue weighted by atomic mass is 10.2. The Bertz CT molecular complexity index is 825. The van der Waals surface area contributed by atoms with Gasteiger partial charge in [-0.2, -0.15) is 5.10 Å². The molecule has 0 fully saturated rings. The second kappa shape index (κ2) is 8.11. The van der Waals surface area contributed by atoms with Crippen LogP contribution >= 0.6 is 0 Å². The molecule has 0 heterocycles. The molecule has 25 heavy (non-hydrogen) atoms. The van der Waals surface area contributed by atoms with Crippen molar-refractivity contribution in [2.45, 2.75) is 13.5 Å². The number of halogens is 1. The molecule has 126 valence electrons. The van der Waals surface area contributed by atoms with Crippen molar-refractivity contribution in [1.82, 2.24) is 0 Å². The average Bonchev–Trinajstić information content (AvgIpc) is 2.64. The van der Waals surface area contributed by atoms with Crippen LogP contribution in [0.15, 0.2) is 77.9 Å². The Morgan fingerprint density at radius 2 is 1.60 bits per heavy atom. The van der Waals surface area contributed by atoms with Crippen molar-refractivity contribution in [2.75, 3.05) is 5.43 Å². The van der Waals surface area contributed by atoms with Gasteiger partial charge in [-0.05, 0) is 66.6 Å². The maximum absolute atomic E-state index is 12.9. The number of hydrogen-bond donors (Lipinski definition) is 1. The first-order chi connectivity index (χ1) is 12.2. The summed E-state index contributed by atoms with van der Waals surface area (Å²) in [7, 11) is 0. The Kier molecular flexibility index (Phi) is 5.42. The van der Waals surface area contributed by atoms with Gasteiger partial charge < -0.3 is 4.74 Å². The molecule has 0 atom stereocenters. The SMILES string of the molecule is Cc1ccc(NN=Cc2ccc(OCc3ccc(F)cc3)cc2)cc1. The number of benzene rings is 3. The first-order valence-electron chi connectivity index (χ1n) is 8.02. The van der Waals surface area contributed by atoms with Crippen LogP contribution in [-0.2, 0) is 6.61 Å². The standard InChI is InChI=1S/C21H19FN2O/c1-16-2-10-20(11-3-16)24-23-14-17-6-12-21(13-7-17)25-15-18-4-8-19(22)9-5-18/h2-14,24H,15H2,1H3. The molecule has 0 aliphatic heterocycles. The van der Waals surface area contributed by atoms with Crippen LogP contribution < -0.4 is 10.2 Å². The molecule has 4 heteroatoms. The number of hydrazone groups is 1. The number of nitrogens with one attached hydrogen (secondary N) is 1. The lowest BCUT2D eigenvalue weighted by Crippen LogP contribution is -1.96. The highest BCUT2D eigenvalue weighted by Crippen LogP contribution is 2.14. The fourth-order valence-corrected chi connectivity index (χ4v) is 2.21. The highest BCUT2D eigenvalue weighted by Gasteiger charge is 1.97. The van der Waals surface area contributed by atoms with Gasteiger partial charge in [0.2, 0.25) is 0 Å². The van der Waals surface area contributed by atoms with Gasteiger partial charge in [0.05, 0.1) is 11.9 Å². The second-order valence-electron chi connectivity index (χ2n) is 5.72. The maximum Gasteiger partial charge on any atom is 0.123 e. The quantitative estimate of drug-likeness (QED) is 0.499. The van der Waals surface area contributed by atoms with Crippen LogP contribution in [0, 0.1) is 12.7 Å². The topological polar surface area (TPSA) is 33.6 Å². The molecule has 0 saturated heterocycles. The second-order valence-corrected chi connectivity index (χ2v) is 5.72. The number of aryl methyl sites for hydroxylation is 1. The van der Waals surface area contributed by atoms with Crippen LogP contribution in [0.25, 0.3) is 0 Å². The van der Waals surface area contributed by atoms with E-state index in [9.17, 15) is 4.39 Å². The largest absolute Gasteiger partial charge is 0.489 e. The van der Waals surface area contributed by atoms with E-state index in [1.165, 1.54) is 17.7 Å². The van der Waals surface area contributed by atoms with E-state index in [-0.39, 0.29) is 5.82 Å². The number of nitrogens with zero attached hydrogens (tertiary/aromatic N) is 1. The third-order valence-electron chi connectivity index (χ3n) is 3.66. The molecule has 3 rings (SSSR count). The minimum absolute atomic E-state index is 0.244. The smallest absolute Gasteiger partial charge is 0.123 e. The number of hydrogen-bond acceptors (Lipinski definition) is 3. The number of anilines is 1.